The van der Waals surface area contributed by atoms with E-state index < -0.39 is 276 Å². The van der Waals surface area contributed by atoms with Crippen LogP contribution < -0.4 is 119 Å². The van der Waals surface area contributed by atoms with Crippen LogP contribution in [-0.2, 0) is 102 Å². The summed E-state index contributed by atoms with van der Waals surface area (Å²) < 4.78 is 0. The smallest absolute Gasteiger partial charge is 0.327 e. The Balaban J connectivity index is 1.88. The van der Waals surface area contributed by atoms with Gasteiger partial charge in [-0.1, -0.05) is 168 Å². The van der Waals surface area contributed by atoms with Crippen LogP contribution in [0.25, 0.3) is 0 Å². The number of benzene rings is 1. The van der Waals surface area contributed by atoms with Gasteiger partial charge in [0.05, 0.1) is 25.2 Å². The molecule has 22 atom stereocenters. The SMILES string of the molecule is CC[C@H](C)[C@H](NC(=O)[C@H](CCSC)NC(=O)[C@H](C)NC(=O)[C@@H]1CCCN1C(=O)[C@@H](NC(=O)[C@@H](NC(=O)[C@H](CCCCN)NC(=O)[C@@H](NC(=O)[C@H](CC(C)C)NC(=O)CNC(=O)CNC(=O)[C@H](CC(C)C)NC(=O)[C@@H](N)Cc1ccccc1)[C@@H](C)CC)[C@@H](C)CC)C(C)C)C(=O)N[C@H]1CSSC[C@@H](C(=O)O)NC(=O)[C@H](CCCCN)NC(=O)[C@H](CCCCN)NC(=O)[C@H]([C@@H](C)O)NC(=O)[C@H](C(C)C)NC(=O)[C@H](C)NC1=O. The number of aliphatic hydroxyl groups excluding tert-OH is 1. The lowest BCUT2D eigenvalue weighted by atomic mass is 9.95. The van der Waals surface area contributed by atoms with Gasteiger partial charge in [-0.25, -0.2) is 4.79 Å². The molecule has 0 aliphatic carbocycles. The van der Waals surface area contributed by atoms with Crippen LogP contribution in [0.15, 0.2) is 30.3 Å². The minimum absolute atomic E-state index is 0.0183. The van der Waals surface area contributed by atoms with Gasteiger partial charge in [-0.2, -0.15) is 11.8 Å². The number of nitrogens with one attached hydrogen (secondary N) is 18. The van der Waals surface area contributed by atoms with Crippen molar-refractivity contribution >= 4 is 152 Å². The topological polar surface area (TPSA) is 706 Å². The molecule has 0 unspecified atom stereocenters. The van der Waals surface area contributed by atoms with E-state index in [9.17, 15) is 106 Å². The standard InChI is InChI=1S/C97H167N23O22S3/c1-19-55(12)76(118-88(132)68(45-52(6)7)106-73(123)48-102-72(122)47-103-83(127)67(44-51(4)5)111-82(126)62(101)46-61-32-23-22-24-33-61)92(136)109-65(36-27-30-41-100)86(130)117-78(57(14)21-3)94(138)115-75(54(10)11)96(140)120-42-31-37-71(120)90(134)105-58(15)80(124)107-66(38-43-143-18)87(131)116-77(56(13)20-2)93(137)112-69-49-144-145-50-70(97(141)142)113-85(129)63(34-25-28-39-98)108-84(128)64(35-26-29-40-99)110-95(139)79(60(17)121)119-91(135)74(53(8)9)114-81(125)59(16)104-89(69)133/h22-24,32-33,51-60,62-71,74-79,121H,19-21,25-31,34-50,98-101H2,1-18H3,(H,102,122)(H,103,127)(H,104,133)(H,105,134)(H,106,123)(H,107,124)(H,108,128)(H,109,136)(H,110,139)(H,111,126)(H,112,137)(H,113,129)(H,114,125)(H,115,138)(H,116,131)(H,117,130)(H,118,132)(H,119,135)(H,141,142)/t55-,56-,57-,58-,59-,60+,62-,63-,64-,65-,66-,67-,68-,69-,70-,71-,74-,75-,76-,77-,78-,79-/m0/s1. The molecule has 45 nitrogen and oxygen atoms in total. The van der Waals surface area contributed by atoms with E-state index in [4.69, 9.17) is 22.9 Å². The summed E-state index contributed by atoms with van der Waals surface area (Å²) in [5.74, 6) is -20.9. The molecular formula is C97H167N23O22S3. The van der Waals surface area contributed by atoms with Gasteiger partial charge < -0.3 is 134 Å². The quantitative estimate of drug-likeness (QED) is 0.0251. The number of aliphatic hydroxyl groups is 1. The third-order valence-corrected chi connectivity index (χ3v) is 28.3. The minimum atomic E-state index is -1.73. The first-order valence-corrected chi connectivity index (χ1v) is 54.6. The molecule has 145 heavy (non-hydrogen) atoms. The van der Waals surface area contributed by atoms with Gasteiger partial charge in [-0.3, -0.25) is 91.1 Å². The first-order valence-electron chi connectivity index (χ1n) is 50.7. The van der Waals surface area contributed by atoms with Crippen molar-refractivity contribution in [3.63, 3.8) is 0 Å². The highest BCUT2D eigenvalue weighted by atomic mass is 33.1. The van der Waals surface area contributed by atoms with E-state index in [1.807, 2.05) is 44.2 Å². The largest absolute Gasteiger partial charge is 0.480 e. The average Bonchev–Trinajstić information content (AvgIpc) is 1.71. The van der Waals surface area contributed by atoms with Crippen molar-refractivity contribution in [1.29, 1.82) is 0 Å². The molecule has 2 saturated heterocycles. The number of rotatable bonds is 56. The summed E-state index contributed by atoms with van der Waals surface area (Å²) in [6, 6.07) is -15.3. The Morgan fingerprint density at radius 2 is 0.952 bits per heavy atom. The molecule has 0 saturated carbocycles. The zero-order chi connectivity index (χ0) is 109. The Hall–Kier alpha value is -10.5. The normalized spacial score (nSPS) is 20.9. The summed E-state index contributed by atoms with van der Waals surface area (Å²) >= 11 is 1.32. The zero-order valence-electron chi connectivity index (χ0n) is 87.5. The van der Waals surface area contributed by atoms with E-state index >= 15 is 0 Å². The van der Waals surface area contributed by atoms with Crippen LogP contribution in [0.1, 0.15) is 232 Å². The predicted octanol–water partition coefficient (Wildman–Crippen LogP) is -1.88. The summed E-state index contributed by atoms with van der Waals surface area (Å²) in [6.45, 7) is 27.5. The van der Waals surface area contributed by atoms with Crippen LogP contribution in [-0.4, -0.2) is 311 Å². The fraction of sp³-hybridized carbons (Fsp3) is 0.732. The second-order valence-corrected chi connectivity index (χ2v) is 42.6. The number of unbranched alkanes of at least 4 members (excludes halogenated alkanes) is 3. The van der Waals surface area contributed by atoms with Crippen LogP contribution in [0.4, 0.5) is 0 Å². The summed E-state index contributed by atoms with van der Waals surface area (Å²) in [4.78, 5) is 285. The van der Waals surface area contributed by atoms with Crippen LogP contribution in [0.5, 0.6) is 0 Å². The predicted molar refractivity (Wildman–Crippen MR) is 554 cm³/mol. The molecular weight excluding hydrogens is 1940 g/mol. The fourth-order valence-electron chi connectivity index (χ4n) is 15.7. The van der Waals surface area contributed by atoms with Gasteiger partial charge in [0.1, 0.15) is 103 Å². The third-order valence-electron chi connectivity index (χ3n) is 25.2. The molecule has 820 valence electrons. The van der Waals surface area contributed by atoms with E-state index in [1.165, 1.54) is 37.4 Å². The van der Waals surface area contributed by atoms with Crippen LogP contribution in [0, 0.1) is 41.4 Å². The van der Waals surface area contributed by atoms with Crippen molar-refractivity contribution in [2.45, 2.75) is 348 Å². The molecule has 2 heterocycles. The highest BCUT2D eigenvalue weighted by Gasteiger charge is 2.45. The maximum atomic E-state index is 15.0. The number of nitrogens with two attached hydrogens (primary N) is 4. The van der Waals surface area contributed by atoms with Gasteiger partial charge in [0.15, 0.2) is 0 Å². The van der Waals surface area contributed by atoms with Gasteiger partial charge >= 0.3 is 5.97 Å². The number of thioether (sulfide) groups is 1. The van der Waals surface area contributed by atoms with E-state index in [-0.39, 0.29) is 119 Å². The van der Waals surface area contributed by atoms with Crippen molar-refractivity contribution in [2.75, 3.05) is 62.8 Å². The Bertz CT molecular complexity index is 4390. The van der Waals surface area contributed by atoms with Crippen LogP contribution >= 0.6 is 33.3 Å². The summed E-state index contributed by atoms with van der Waals surface area (Å²) in [5.41, 5.74) is 24.5. The number of likely N-dealkylation sites (tertiary alicyclic amines) is 1. The molecule has 2 aliphatic heterocycles. The summed E-state index contributed by atoms with van der Waals surface area (Å²) in [6.07, 6.45) is 4.14. The molecule has 28 N–H and O–H groups in total. The minimum Gasteiger partial charge on any atom is -0.480 e. The number of amides is 19. The van der Waals surface area contributed by atoms with E-state index in [1.54, 1.807) is 89.3 Å². The van der Waals surface area contributed by atoms with Crippen molar-refractivity contribution < 1.29 is 106 Å². The van der Waals surface area contributed by atoms with Crippen LogP contribution in [0.2, 0.25) is 0 Å². The molecule has 3 rings (SSSR count). The van der Waals surface area contributed by atoms with Crippen molar-refractivity contribution in [1.82, 2.24) is 101 Å². The molecule has 48 heteroatoms. The molecule has 2 aliphatic rings. The second kappa shape index (κ2) is 67.4. The number of hydrogen-bond donors (Lipinski definition) is 24. The Morgan fingerprint density at radius 1 is 0.483 bits per heavy atom. The number of carboxylic acids is 1. The monoisotopic (exact) mass is 2100 g/mol. The molecule has 0 aromatic heterocycles. The molecule has 0 radical (unpaired) electrons. The maximum Gasteiger partial charge on any atom is 0.327 e. The van der Waals surface area contributed by atoms with Crippen molar-refractivity contribution in [3.05, 3.63) is 35.9 Å². The average molecular weight is 2100 g/mol. The maximum absolute atomic E-state index is 15.0. The lowest BCUT2D eigenvalue weighted by Crippen LogP contribution is -2.62. The number of carboxylic acid groups (broad SMARTS) is 1. The molecule has 2 fully saturated rings. The summed E-state index contributed by atoms with van der Waals surface area (Å²) in [5, 5.41) is 68.9. The molecule has 0 bridgehead atoms. The number of carbonyl (C=O) groups is 20. The molecule has 19 amide bonds. The lowest BCUT2D eigenvalue weighted by Gasteiger charge is -2.33. The van der Waals surface area contributed by atoms with Gasteiger partial charge in [0.25, 0.3) is 0 Å². The number of nitrogens with zero attached hydrogens (tertiary/aromatic N) is 1. The van der Waals surface area contributed by atoms with Gasteiger partial charge in [-0.15, -0.1) is 0 Å². The van der Waals surface area contributed by atoms with E-state index in [0.717, 1.165) is 27.2 Å². The van der Waals surface area contributed by atoms with Gasteiger partial charge in [0.2, 0.25) is 112 Å². The fourth-order valence-corrected chi connectivity index (χ4v) is 18.5. The number of aliphatic carboxylic acids is 1. The Kier molecular flexibility index (Phi) is 59.8. The first kappa shape index (κ1) is 129. The number of hydrogen-bond acceptors (Lipinski definition) is 28. The highest BCUT2D eigenvalue weighted by molar-refractivity contribution is 8.76. The number of carbonyl (C=O) groups excluding carboxylic acids is 19. The van der Waals surface area contributed by atoms with E-state index in [0.29, 0.717) is 51.4 Å². The zero-order valence-corrected chi connectivity index (χ0v) is 90.0. The van der Waals surface area contributed by atoms with Crippen LogP contribution in [0.3, 0.4) is 0 Å². The lowest BCUT2D eigenvalue weighted by molar-refractivity contribution is -0.143. The third kappa shape index (κ3) is 45.4. The first-order chi connectivity index (χ1) is 68.4. The second-order valence-electron chi connectivity index (χ2n) is 39.1. The Labute approximate surface area is 864 Å². The molecule has 0 spiro atoms. The van der Waals surface area contributed by atoms with Gasteiger partial charge in [-0.05, 0) is 196 Å². The summed E-state index contributed by atoms with van der Waals surface area (Å²) in [7, 11) is 1.76. The van der Waals surface area contributed by atoms with Gasteiger partial charge in [0, 0.05) is 18.1 Å². The van der Waals surface area contributed by atoms with Crippen molar-refractivity contribution in [2.24, 2.45) is 64.4 Å². The van der Waals surface area contributed by atoms with Crippen molar-refractivity contribution in [3.8, 4) is 0 Å². The molecule has 1 aromatic rings. The van der Waals surface area contributed by atoms with E-state index in [2.05, 4.69) is 95.7 Å². The Morgan fingerprint density at radius 3 is 1.47 bits per heavy atom. The molecule has 1 aromatic carbocycles. The highest BCUT2D eigenvalue weighted by Crippen LogP contribution is 2.27.